The van der Waals surface area contributed by atoms with Gasteiger partial charge in [-0.1, -0.05) is 11.3 Å². The zero-order valence-electron chi connectivity index (χ0n) is 10.8. The lowest BCUT2D eigenvalue weighted by atomic mass is 10.4. The number of rotatable bonds is 7. The predicted molar refractivity (Wildman–Crippen MR) is 70.0 cm³/mol. The number of ether oxygens (including phenoxy) is 1. The van der Waals surface area contributed by atoms with Crippen LogP contribution < -0.4 is 4.90 Å². The molecule has 1 aromatic heterocycles. The fraction of sp³-hybridized carbons (Fsp3) is 0.636. The first-order valence-corrected chi connectivity index (χ1v) is 6.19. The number of aldehydes is 1. The Morgan fingerprint density at radius 1 is 1.35 bits per heavy atom. The van der Waals surface area contributed by atoms with E-state index in [-0.39, 0.29) is 0 Å². The Kier molecular flexibility index (Phi) is 5.54. The van der Waals surface area contributed by atoms with E-state index in [9.17, 15) is 4.79 Å². The summed E-state index contributed by atoms with van der Waals surface area (Å²) in [6.07, 6.45) is 0.843. The van der Waals surface area contributed by atoms with E-state index in [0.29, 0.717) is 11.5 Å². The number of nitrogens with zero attached hydrogens (tertiary/aromatic N) is 3. The van der Waals surface area contributed by atoms with E-state index in [2.05, 4.69) is 14.8 Å². The van der Waals surface area contributed by atoms with Crippen molar-refractivity contribution in [2.75, 3.05) is 46.2 Å². The highest BCUT2D eigenvalue weighted by Crippen LogP contribution is 2.24. The van der Waals surface area contributed by atoms with Crippen molar-refractivity contribution in [3.63, 3.8) is 0 Å². The van der Waals surface area contributed by atoms with E-state index < -0.39 is 0 Å². The monoisotopic (exact) mass is 257 g/mol. The minimum atomic E-state index is 0.381. The molecule has 1 heterocycles. The Bertz CT molecular complexity index is 366. The summed E-state index contributed by atoms with van der Waals surface area (Å²) in [7, 11) is 7.64. The summed E-state index contributed by atoms with van der Waals surface area (Å²) in [5.41, 5.74) is 0.721. The molecule has 0 saturated heterocycles. The first-order valence-electron chi connectivity index (χ1n) is 5.38. The van der Waals surface area contributed by atoms with Gasteiger partial charge in [-0.05, 0) is 14.1 Å². The van der Waals surface area contributed by atoms with Gasteiger partial charge in [-0.2, -0.15) is 0 Å². The van der Waals surface area contributed by atoms with E-state index >= 15 is 0 Å². The van der Waals surface area contributed by atoms with Crippen LogP contribution in [0.1, 0.15) is 15.4 Å². The summed E-state index contributed by atoms with van der Waals surface area (Å²) in [6.45, 7) is 2.21. The molecular formula is C11H19N3O2S. The molecule has 0 fully saturated rings. The summed E-state index contributed by atoms with van der Waals surface area (Å²) in [4.78, 5) is 20.1. The van der Waals surface area contributed by atoms with E-state index in [4.69, 9.17) is 4.74 Å². The van der Waals surface area contributed by atoms with E-state index in [1.54, 1.807) is 7.11 Å². The molecule has 0 aliphatic heterocycles. The van der Waals surface area contributed by atoms with Crippen molar-refractivity contribution < 1.29 is 9.53 Å². The number of thiazole rings is 1. The van der Waals surface area contributed by atoms with Crippen LogP contribution >= 0.6 is 11.3 Å². The van der Waals surface area contributed by atoms with E-state index in [0.717, 1.165) is 30.2 Å². The van der Waals surface area contributed by atoms with Crippen LogP contribution in [-0.4, -0.2) is 57.5 Å². The van der Waals surface area contributed by atoms with Crippen LogP contribution in [0.4, 0.5) is 5.13 Å². The molecule has 6 heteroatoms. The molecule has 96 valence electrons. The van der Waals surface area contributed by atoms with Crippen LogP contribution in [0, 0.1) is 0 Å². The lowest BCUT2D eigenvalue weighted by Gasteiger charge is -2.18. The highest BCUT2D eigenvalue weighted by atomic mass is 32.1. The lowest BCUT2D eigenvalue weighted by molar-refractivity contribution is 0.112. The van der Waals surface area contributed by atoms with Gasteiger partial charge >= 0.3 is 0 Å². The maximum atomic E-state index is 10.9. The molecule has 0 amide bonds. The van der Waals surface area contributed by atoms with Gasteiger partial charge in [0.25, 0.3) is 0 Å². The molecule has 0 atom stereocenters. The first kappa shape index (κ1) is 14.1. The van der Waals surface area contributed by atoms with Gasteiger partial charge in [-0.25, -0.2) is 4.98 Å². The molecule has 0 saturated carbocycles. The maximum absolute atomic E-state index is 10.9. The number of carbonyl (C=O) groups is 1. The van der Waals surface area contributed by atoms with Gasteiger partial charge in [-0.3, -0.25) is 4.79 Å². The minimum absolute atomic E-state index is 0.381. The number of aromatic nitrogens is 1. The van der Waals surface area contributed by atoms with Crippen molar-refractivity contribution in [3.05, 3.63) is 10.6 Å². The van der Waals surface area contributed by atoms with Gasteiger partial charge in [0.1, 0.15) is 0 Å². The van der Waals surface area contributed by atoms with Crippen LogP contribution in [0.3, 0.4) is 0 Å². The Labute approximate surface area is 106 Å². The van der Waals surface area contributed by atoms with Gasteiger partial charge in [0.2, 0.25) is 0 Å². The lowest BCUT2D eigenvalue weighted by Crippen LogP contribution is -2.28. The normalized spacial score (nSPS) is 10.9. The minimum Gasteiger partial charge on any atom is -0.378 e. The summed E-state index contributed by atoms with van der Waals surface area (Å²) < 4.78 is 5.02. The highest BCUT2D eigenvalue weighted by Gasteiger charge is 2.13. The number of anilines is 1. The van der Waals surface area contributed by atoms with Gasteiger partial charge in [0.15, 0.2) is 11.4 Å². The summed E-state index contributed by atoms with van der Waals surface area (Å²) in [5.74, 6) is 0. The third-order valence-corrected chi connectivity index (χ3v) is 3.45. The molecule has 0 spiro atoms. The molecule has 1 aromatic rings. The Morgan fingerprint density at radius 2 is 2.06 bits per heavy atom. The molecule has 0 unspecified atom stereocenters. The van der Waals surface area contributed by atoms with Crippen molar-refractivity contribution >= 4 is 22.8 Å². The number of hydrogen-bond donors (Lipinski definition) is 0. The number of carbonyl (C=O) groups excluding carboxylic acids is 1. The molecule has 1 rings (SSSR count). The molecule has 0 aliphatic rings. The largest absolute Gasteiger partial charge is 0.378 e. The molecule has 0 radical (unpaired) electrons. The Balaban J connectivity index is 2.73. The number of hydrogen-bond acceptors (Lipinski definition) is 6. The summed E-state index contributed by atoms with van der Waals surface area (Å²) in [6, 6.07) is 0. The second kappa shape index (κ2) is 6.68. The molecule has 17 heavy (non-hydrogen) atoms. The van der Waals surface area contributed by atoms with E-state index in [1.807, 2.05) is 21.1 Å². The number of likely N-dealkylation sites (N-methyl/N-ethyl adjacent to an activating group) is 2. The zero-order chi connectivity index (χ0) is 12.8. The molecule has 0 aliphatic carbocycles. The smallest absolute Gasteiger partial charge is 0.186 e. The second-order valence-corrected chi connectivity index (χ2v) is 5.09. The van der Waals surface area contributed by atoms with Gasteiger partial charge in [0, 0.05) is 27.2 Å². The van der Waals surface area contributed by atoms with Crippen LogP contribution in [-0.2, 0) is 11.3 Å². The Morgan fingerprint density at radius 3 is 2.59 bits per heavy atom. The highest BCUT2D eigenvalue weighted by molar-refractivity contribution is 7.17. The summed E-state index contributed by atoms with van der Waals surface area (Å²) >= 11 is 1.41. The van der Waals surface area contributed by atoms with Crippen LogP contribution in [0.25, 0.3) is 0 Å². The molecular weight excluding hydrogens is 238 g/mol. The molecule has 0 aromatic carbocycles. The Hall–Kier alpha value is -0.980. The third-order valence-electron chi connectivity index (χ3n) is 2.31. The van der Waals surface area contributed by atoms with Crippen LogP contribution in [0.15, 0.2) is 0 Å². The second-order valence-electron chi connectivity index (χ2n) is 4.08. The maximum Gasteiger partial charge on any atom is 0.186 e. The molecule has 0 N–H and O–H groups in total. The average Bonchev–Trinajstić information content (AvgIpc) is 2.69. The van der Waals surface area contributed by atoms with Gasteiger partial charge in [0.05, 0.1) is 17.2 Å². The van der Waals surface area contributed by atoms with Crippen molar-refractivity contribution in [2.45, 2.75) is 6.61 Å². The fourth-order valence-corrected chi connectivity index (χ4v) is 2.16. The molecule has 5 nitrogen and oxygen atoms in total. The van der Waals surface area contributed by atoms with Crippen LogP contribution in [0.5, 0.6) is 0 Å². The zero-order valence-corrected chi connectivity index (χ0v) is 11.6. The van der Waals surface area contributed by atoms with Gasteiger partial charge in [-0.15, -0.1) is 0 Å². The van der Waals surface area contributed by atoms with Gasteiger partial charge < -0.3 is 14.5 Å². The molecule has 0 bridgehead atoms. The quantitative estimate of drug-likeness (QED) is 0.685. The average molecular weight is 257 g/mol. The number of methoxy groups -OCH3 is 1. The van der Waals surface area contributed by atoms with E-state index in [1.165, 1.54) is 11.3 Å². The third kappa shape index (κ3) is 4.07. The van der Waals surface area contributed by atoms with Crippen LogP contribution in [0.2, 0.25) is 0 Å². The van der Waals surface area contributed by atoms with Crippen molar-refractivity contribution in [1.82, 2.24) is 9.88 Å². The SMILES string of the molecule is COCc1nc(N(C)CCN(C)C)sc1C=O. The first-order chi connectivity index (χ1) is 8.08. The predicted octanol–water partition coefficient (Wildman–Crippen LogP) is 1.10. The van der Waals surface area contributed by atoms with Crippen molar-refractivity contribution in [1.29, 1.82) is 0 Å². The summed E-state index contributed by atoms with van der Waals surface area (Å²) in [5, 5.41) is 0.862. The van der Waals surface area contributed by atoms with Crippen molar-refractivity contribution in [3.8, 4) is 0 Å². The van der Waals surface area contributed by atoms with Crippen molar-refractivity contribution in [2.24, 2.45) is 0 Å². The topological polar surface area (TPSA) is 45.7 Å². The fourth-order valence-electron chi connectivity index (χ4n) is 1.29. The standard InChI is InChI=1S/C11H19N3O2S/c1-13(2)5-6-14(3)11-12-9(8-16-4)10(7-15)17-11/h7H,5-6,8H2,1-4H3.